The van der Waals surface area contributed by atoms with Crippen molar-refractivity contribution in [3.8, 4) is 0 Å². The average Bonchev–Trinajstić information content (AvgIpc) is 2.14. The van der Waals surface area contributed by atoms with Crippen molar-refractivity contribution in [3.05, 3.63) is 0 Å². The first-order chi connectivity index (χ1) is 6.04. The summed E-state index contributed by atoms with van der Waals surface area (Å²) in [6, 6.07) is 0. The van der Waals surface area contributed by atoms with Crippen molar-refractivity contribution < 1.29 is 25.5 Å². The van der Waals surface area contributed by atoms with E-state index in [1.807, 2.05) is 6.92 Å². The van der Waals surface area contributed by atoms with Gasteiger partial charge in [-0.25, -0.2) is 0 Å². The maximum absolute atomic E-state index is 9.25. The van der Waals surface area contributed by atoms with Gasteiger partial charge in [-0.2, -0.15) is 0 Å². The Hall–Kier alpha value is -0.200. The molecule has 5 N–H and O–H groups in total. The lowest BCUT2D eigenvalue weighted by molar-refractivity contribution is -0.116. The minimum atomic E-state index is -1.51. The maximum Gasteiger partial charge on any atom is 0.110 e. The van der Waals surface area contributed by atoms with Gasteiger partial charge in [0.25, 0.3) is 0 Å². The fourth-order valence-corrected chi connectivity index (χ4v) is 1.03. The molecule has 0 saturated heterocycles. The average molecular weight is 194 g/mol. The molecular weight excluding hydrogens is 176 g/mol. The second-order valence-corrected chi connectivity index (χ2v) is 3.09. The SMILES string of the molecule is CCCC(O)C(O)C(O)C(O)CO. The van der Waals surface area contributed by atoms with Crippen molar-refractivity contribution in [1.29, 1.82) is 0 Å². The van der Waals surface area contributed by atoms with E-state index in [9.17, 15) is 10.2 Å². The molecule has 0 aliphatic heterocycles. The van der Waals surface area contributed by atoms with E-state index in [1.54, 1.807) is 0 Å². The molecule has 0 radical (unpaired) electrons. The van der Waals surface area contributed by atoms with Gasteiger partial charge in [-0.3, -0.25) is 0 Å². The number of hydrogen-bond donors (Lipinski definition) is 5. The van der Waals surface area contributed by atoms with Crippen LogP contribution in [0.2, 0.25) is 0 Å². The number of aliphatic hydroxyl groups excluding tert-OH is 5. The highest BCUT2D eigenvalue weighted by Crippen LogP contribution is 2.09. The first-order valence-electron chi connectivity index (χ1n) is 4.37. The number of rotatable bonds is 6. The highest BCUT2D eigenvalue weighted by Gasteiger charge is 2.29. The molecule has 0 aliphatic carbocycles. The third kappa shape index (κ3) is 4.02. The van der Waals surface area contributed by atoms with E-state index in [0.29, 0.717) is 12.8 Å². The summed E-state index contributed by atoms with van der Waals surface area (Å²) in [6.07, 6.45) is -4.40. The van der Waals surface area contributed by atoms with E-state index >= 15 is 0 Å². The van der Waals surface area contributed by atoms with Crippen LogP contribution in [0.4, 0.5) is 0 Å². The van der Waals surface area contributed by atoms with Crippen LogP contribution in [0, 0.1) is 0 Å². The molecule has 0 aromatic carbocycles. The van der Waals surface area contributed by atoms with Crippen molar-refractivity contribution in [2.75, 3.05) is 6.61 Å². The molecule has 5 nitrogen and oxygen atoms in total. The zero-order chi connectivity index (χ0) is 10.4. The second-order valence-electron chi connectivity index (χ2n) is 3.09. The quantitative estimate of drug-likeness (QED) is 0.344. The van der Waals surface area contributed by atoms with Gasteiger partial charge in [-0.15, -0.1) is 0 Å². The Kier molecular flexibility index (Phi) is 6.19. The molecule has 4 atom stereocenters. The van der Waals surface area contributed by atoms with Gasteiger partial charge < -0.3 is 25.5 Å². The lowest BCUT2D eigenvalue weighted by Crippen LogP contribution is -2.45. The van der Waals surface area contributed by atoms with Gasteiger partial charge in [-0.1, -0.05) is 13.3 Å². The topological polar surface area (TPSA) is 101 Å². The summed E-state index contributed by atoms with van der Waals surface area (Å²) in [5, 5.41) is 45.0. The standard InChI is InChI=1S/C8H18O5/c1-2-3-5(10)7(12)8(13)6(11)4-9/h5-13H,2-4H2,1H3. The molecule has 0 saturated carbocycles. The molecule has 0 aromatic heterocycles. The molecule has 0 heterocycles. The van der Waals surface area contributed by atoms with Crippen molar-refractivity contribution in [2.24, 2.45) is 0 Å². The molecule has 5 heteroatoms. The Balaban J connectivity index is 3.99. The molecular formula is C8H18O5. The predicted octanol–water partition coefficient (Wildman–Crippen LogP) is -1.78. The van der Waals surface area contributed by atoms with Crippen LogP contribution in [-0.2, 0) is 0 Å². The van der Waals surface area contributed by atoms with E-state index in [0.717, 1.165) is 0 Å². The first-order valence-corrected chi connectivity index (χ1v) is 4.37. The lowest BCUT2D eigenvalue weighted by Gasteiger charge is -2.25. The highest BCUT2D eigenvalue weighted by molar-refractivity contribution is 4.80. The molecule has 0 aliphatic rings. The third-order valence-corrected chi connectivity index (χ3v) is 1.91. The molecule has 0 bridgehead atoms. The van der Waals surface area contributed by atoms with Crippen molar-refractivity contribution in [1.82, 2.24) is 0 Å². The van der Waals surface area contributed by atoms with Gasteiger partial charge in [0, 0.05) is 0 Å². The van der Waals surface area contributed by atoms with Crippen LogP contribution in [0.3, 0.4) is 0 Å². The summed E-state index contributed by atoms with van der Waals surface area (Å²) >= 11 is 0. The van der Waals surface area contributed by atoms with E-state index in [1.165, 1.54) is 0 Å². The smallest absolute Gasteiger partial charge is 0.110 e. The van der Waals surface area contributed by atoms with Crippen LogP contribution in [0.25, 0.3) is 0 Å². The van der Waals surface area contributed by atoms with Crippen LogP contribution in [0.15, 0.2) is 0 Å². The van der Waals surface area contributed by atoms with Crippen molar-refractivity contribution in [2.45, 2.75) is 44.2 Å². The molecule has 0 spiro atoms. The van der Waals surface area contributed by atoms with Gasteiger partial charge in [-0.05, 0) is 6.42 Å². The molecule has 0 fully saturated rings. The Morgan fingerprint density at radius 1 is 0.923 bits per heavy atom. The summed E-state index contributed by atoms with van der Waals surface area (Å²) < 4.78 is 0. The van der Waals surface area contributed by atoms with Crippen LogP contribution >= 0.6 is 0 Å². The van der Waals surface area contributed by atoms with Crippen LogP contribution in [0.5, 0.6) is 0 Å². The lowest BCUT2D eigenvalue weighted by atomic mass is 10.0. The largest absolute Gasteiger partial charge is 0.394 e. The van der Waals surface area contributed by atoms with Gasteiger partial charge in [0.15, 0.2) is 0 Å². The Labute approximate surface area is 77.3 Å². The first kappa shape index (κ1) is 12.8. The van der Waals surface area contributed by atoms with Gasteiger partial charge in [0.2, 0.25) is 0 Å². The molecule has 80 valence electrons. The molecule has 0 aromatic rings. The van der Waals surface area contributed by atoms with Gasteiger partial charge in [0.05, 0.1) is 12.7 Å². The molecule has 0 amide bonds. The molecule has 13 heavy (non-hydrogen) atoms. The van der Waals surface area contributed by atoms with Crippen molar-refractivity contribution in [3.63, 3.8) is 0 Å². The third-order valence-electron chi connectivity index (χ3n) is 1.91. The summed E-state index contributed by atoms with van der Waals surface area (Å²) in [7, 11) is 0. The van der Waals surface area contributed by atoms with Gasteiger partial charge in [0.1, 0.15) is 18.3 Å². The molecule has 0 rings (SSSR count). The van der Waals surface area contributed by atoms with Crippen molar-refractivity contribution >= 4 is 0 Å². The Bertz CT molecular complexity index is 130. The normalized spacial score (nSPS) is 20.8. The fraction of sp³-hybridized carbons (Fsp3) is 1.00. The van der Waals surface area contributed by atoms with E-state index in [2.05, 4.69) is 0 Å². The fourth-order valence-electron chi connectivity index (χ4n) is 1.03. The Morgan fingerprint density at radius 2 is 1.38 bits per heavy atom. The van der Waals surface area contributed by atoms with Crippen LogP contribution in [-0.4, -0.2) is 56.6 Å². The van der Waals surface area contributed by atoms with Gasteiger partial charge >= 0.3 is 0 Å². The number of hydrogen-bond acceptors (Lipinski definition) is 5. The van der Waals surface area contributed by atoms with E-state index in [4.69, 9.17) is 15.3 Å². The second kappa shape index (κ2) is 6.28. The molecule has 4 unspecified atom stereocenters. The van der Waals surface area contributed by atoms with Crippen LogP contribution in [0.1, 0.15) is 19.8 Å². The number of aliphatic hydroxyl groups is 5. The maximum atomic E-state index is 9.25. The summed E-state index contributed by atoms with van der Waals surface area (Å²) in [5.74, 6) is 0. The zero-order valence-electron chi connectivity index (χ0n) is 7.67. The van der Waals surface area contributed by atoms with E-state index < -0.39 is 31.0 Å². The minimum absolute atomic E-state index is 0.344. The summed E-state index contributed by atoms with van der Waals surface area (Å²) in [4.78, 5) is 0. The zero-order valence-corrected chi connectivity index (χ0v) is 7.67. The summed E-state index contributed by atoms with van der Waals surface area (Å²) in [6.45, 7) is 1.18. The van der Waals surface area contributed by atoms with E-state index in [-0.39, 0.29) is 0 Å². The van der Waals surface area contributed by atoms with Crippen LogP contribution < -0.4 is 0 Å². The Morgan fingerprint density at radius 3 is 1.77 bits per heavy atom. The monoisotopic (exact) mass is 194 g/mol. The predicted molar refractivity (Wildman–Crippen MR) is 46.0 cm³/mol. The highest BCUT2D eigenvalue weighted by atomic mass is 16.4. The summed E-state index contributed by atoms with van der Waals surface area (Å²) in [5.41, 5.74) is 0. The minimum Gasteiger partial charge on any atom is -0.394 e.